The Kier molecular flexibility index (Phi) is 7.11. The van der Waals surface area contributed by atoms with Crippen LogP contribution in [0.25, 0.3) is 5.76 Å². The average molecular weight is 460 g/mol. The number of benzene rings is 2. The van der Waals surface area contributed by atoms with Crippen molar-refractivity contribution in [1.29, 1.82) is 0 Å². The highest BCUT2D eigenvalue weighted by molar-refractivity contribution is 6.46. The normalized spacial score (nSPS) is 17.4. The van der Waals surface area contributed by atoms with Gasteiger partial charge in [0.2, 0.25) is 12.1 Å². The molecule has 1 aliphatic rings. The van der Waals surface area contributed by atoms with Gasteiger partial charge >= 0.3 is 0 Å². The Bertz CT molecular complexity index is 1170. The summed E-state index contributed by atoms with van der Waals surface area (Å²) in [6.07, 6.45) is 7.09. The van der Waals surface area contributed by atoms with E-state index in [2.05, 4.69) is 4.98 Å². The lowest BCUT2D eigenvalue weighted by Crippen LogP contribution is -2.36. The van der Waals surface area contributed by atoms with Crippen LogP contribution in [0, 0.1) is 6.92 Å². The van der Waals surface area contributed by atoms with Crippen LogP contribution in [0.5, 0.6) is 5.75 Å². The predicted molar refractivity (Wildman–Crippen MR) is 125 cm³/mol. The molecule has 1 unspecified atom stereocenters. The van der Waals surface area contributed by atoms with Crippen LogP contribution in [0.4, 0.5) is 0 Å². The van der Waals surface area contributed by atoms with Crippen molar-refractivity contribution >= 4 is 17.4 Å². The standard InChI is InChI=1S/C27H29N3O4/c1-3-17-34-22-11-9-21(10-12-22)25(31)23-24(20-7-5-19(2)6-8-20)30(27(33)26(23)32)15-4-14-29-16-13-28-18-29/h5-13,16,18,24H,3-4,14-15,17H2,1-2H3,(H,31,32). The van der Waals surface area contributed by atoms with E-state index in [1.807, 2.05) is 61.4 Å². The molecule has 1 N–H and O–H groups in total. The summed E-state index contributed by atoms with van der Waals surface area (Å²) in [4.78, 5) is 30.7. The van der Waals surface area contributed by atoms with E-state index in [-0.39, 0.29) is 5.57 Å². The molecule has 0 saturated carbocycles. The van der Waals surface area contributed by atoms with Crippen molar-refractivity contribution in [3.05, 3.63) is 89.5 Å². The SMILES string of the molecule is CCCOc1ccc(/C([O-])=C2\C(=O)C(=O)N(CCC[n+]3cc[nH]c3)C2c2ccc(C)cc2)cc1. The largest absolute Gasteiger partial charge is 0.872 e. The lowest BCUT2D eigenvalue weighted by Gasteiger charge is -2.27. The molecule has 1 amide bonds. The second-order valence-corrected chi connectivity index (χ2v) is 8.46. The Morgan fingerprint density at radius 2 is 1.85 bits per heavy atom. The monoisotopic (exact) mass is 459 g/mol. The fourth-order valence-corrected chi connectivity index (χ4v) is 4.16. The van der Waals surface area contributed by atoms with Crippen LogP contribution >= 0.6 is 0 Å². The van der Waals surface area contributed by atoms with Crippen molar-refractivity contribution in [2.24, 2.45) is 0 Å². The fraction of sp³-hybridized carbons (Fsp3) is 0.296. The second kappa shape index (κ2) is 10.4. The number of Topliss-reactive ketones (excluding diaryl/α,β-unsaturated/α-hetero) is 1. The third kappa shape index (κ3) is 4.88. The topological polar surface area (TPSA) is 89.3 Å². The number of ether oxygens (including phenoxy) is 1. The Labute approximate surface area is 199 Å². The Morgan fingerprint density at radius 3 is 2.50 bits per heavy atom. The van der Waals surface area contributed by atoms with Gasteiger partial charge in [0.15, 0.2) is 0 Å². The highest BCUT2D eigenvalue weighted by Gasteiger charge is 2.43. The van der Waals surface area contributed by atoms with E-state index in [0.29, 0.717) is 37.4 Å². The van der Waals surface area contributed by atoms with Crippen LogP contribution in [-0.4, -0.2) is 34.7 Å². The highest BCUT2D eigenvalue weighted by atomic mass is 16.5. The van der Waals surface area contributed by atoms with Crippen molar-refractivity contribution in [1.82, 2.24) is 9.88 Å². The molecule has 7 nitrogen and oxygen atoms in total. The molecule has 1 fully saturated rings. The Morgan fingerprint density at radius 1 is 1.12 bits per heavy atom. The first-order chi connectivity index (χ1) is 16.5. The Balaban J connectivity index is 1.67. The molecule has 2 aromatic carbocycles. The van der Waals surface area contributed by atoms with Gasteiger partial charge in [0.1, 0.15) is 18.1 Å². The average Bonchev–Trinajstić information content (AvgIpc) is 3.45. The van der Waals surface area contributed by atoms with Gasteiger partial charge in [-0.3, -0.25) is 14.6 Å². The van der Waals surface area contributed by atoms with Gasteiger partial charge in [-0.15, -0.1) is 0 Å². The minimum atomic E-state index is -0.726. The molecular weight excluding hydrogens is 430 g/mol. The molecule has 1 aromatic heterocycles. The second-order valence-electron chi connectivity index (χ2n) is 8.46. The molecule has 4 rings (SSSR count). The van der Waals surface area contributed by atoms with E-state index >= 15 is 0 Å². The summed E-state index contributed by atoms with van der Waals surface area (Å²) in [5.41, 5.74) is 2.18. The molecular formula is C27H29N3O4. The molecule has 176 valence electrons. The molecule has 1 atom stereocenters. The quantitative estimate of drug-likeness (QED) is 0.231. The molecule has 3 aromatic rings. The Hall–Kier alpha value is -3.87. The first-order valence-corrected chi connectivity index (χ1v) is 11.6. The predicted octanol–water partition coefficient (Wildman–Crippen LogP) is 2.71. The zero-order valence-electron chi connectivity index (χ0n) is 19.5. The number of nitrogens with zero attached hydrogens (tertiary/aromatic N) is 2. The zero-order chi connectivity index (χ0) is 24.1. The van der Waals surface area contributed by atoms with Crippen molar-refractivity contribution in [3.63, 3.8) is 0 Å². The summed E-state index contributed by atoms with van der Waals surface area (Å²) in [7, 11) is 0. The van der Waals surface area contributed by atoms with E-state index in [0.717, 1.165) is 17.5 Å². The number of imidazole rings is 1. The third-order valence-corrected chi connectivity index (χ3v) is 5.93. The third-order valence-electron chi connectivity index (χ3n) is 5.93. The lowest BCUT2D eigenvalue weighted by molar-refractivity contribution is -0.695. The number of hydrogen-bond donors (Lipinski definition) is 1. The van der Waals surface area contributed by atoms with Gasteiger partial charge in [0.25, 0.3) is 5.91 Å². The van der Waals surface area contributed by atoms with E-state index in [9.17, 15) is 14.7 Å². The first kappa shape index (κ1) is 23.3. The van der Waals surface area contributed by atoms with Crippen LogP contribution in [0.3, 0.4) is 0 Å². The first-order valence-electron chi connectivity index (χ1n) is 11.6. The van der Waals surface area contributed by atoms with Gasteiger partial charge in [-0.05, 0) is 36.6 Å². The van der Waals surface area contributed by atoms with Crippen molar-refractivity contribution < 1.29 is 24.0 Å². The van der Waals surface area contributed by atoms with Crippen molar-refractivity contribution in [2.75, 3.05) is 13.2 Å². The number of aromatic amines is 1. The smallest absolute Gasteiger partial charge is 0.295 e. The number of aromatic nitrogens is 2. The van der Waals surface area contributed by atoms with Gasteiger partial charge in [-0.25, -0.2) is 4.57 Å². The lowest BCUT2D eigenvalue weighted by atomic mass is 9.94. The van der Waals surface area contributed by atoms with Crippen molar-refractivity contribution in [3.8, 4) is 5.75 Å². The maximum atomic E-state index is 13.5. The van der Waals surface area contributed by atoms with Crippen molar-refractivity contribution in [2.45, 2.75) is 39.3 Å². The molecule has 1 aliphatic heterocycles. The van der Waals surface area contributed by atoms with E-state index < -0.39 is 23.5 Å². The number of amides is 1. The van der Waals surface area contributed by atoms with Crippen LogP contribution in [0.2, 0.25) is 0 Å². The number of carbonyl (C=O) groups excluding carboxylic acids is 2. The summed E-state index contributed by atoms with van der Waals surface area (Å²) in [6.45, 7) is 5.62. The molecule has 0 spiro atoms. The molecule has 1 saturated heterocycles. The summed E-state index contributed by atoms with van der Waals surface area (Å²) in [5.74, 6) is -1.11. The van der Waals surface area contributed by atoms with Crippen LogP contribution in [0.1, 0.15) is 42.5 Å². The molecule has 34 heavy (non-hydrogen) atoms. The number of H-pyrrole nitrogens is 1. The van der Waals surface area contributed by atoms with Crippen LogP contribution in [-0.2, 0) is 16.1 Å². The maximum absolute atomic E-state index is 13.5. The number of rotatable bonds is 9. The fourth-order valence-electron chi connectivity index (χ4n) is 4.16. The van der Waals surface area contributed by atoms with Gasteiger partial charge in [0.05, 0.1) is 19.2 Å². The molecule has 0 aliphatic carbocycles. The molecule has 0 radical (unpaired) electrons. The maximum Gasteiger partial charge on any atom is 0.295 e. The number of likely N-dealkylation sites (tertiary alicyclic amines) is 1. The number of nitrogens with one attached hydrogen (secondary N) is 1. The minimum Gasteiger partial charge on any atom is -0.872 e. The summed E-state index contributed by atoms with van der Waals surface area (Å²) in [5, 5.41) is 13.5. The molecule has 2 heterocycles. The van der Waals surface area contributed by atoms with Gasteiger partial charge < -0.3 is 14.7 Å². The van der Waals surface area contributed by atoms with Crippen LogP contribution < -0.4 is 14.4 Å². The van der Waals surface area contributed by atoms with Gasteiger partial charge in [-0.2, -0.15) is 0 Å². The molecule has 7 heteroatoms. The number of hydrogen-bond acceptors (Lipinski definition) is 4. The summed E-state index contributed by atoms with van der Waals surface area (Å²) in [6, 6.07) is 13.7. The van der Waals surface area contributed by atoms with E-state index in [1.165, 1.54) is 4.90 Å². The highest BCUT2D eigenvalue weighted by Crippen LogP contribution is 2.39. The summed E-state index contributed by atoms with van der Waals surface area (Å²) < 4.78 is 7.57. The van der Waals surface area contributed by atoms with Gasteiger partial charge in [0, 0.05) is 18.5 Å². The van der Waals surface area contributed by atoms with Gasteiger partial charge in [-0.1, -0.05) is 54.6 Å². The van der Waals surface area contributed by atoms with E-state index in [4.69, 9.17) is 4.74 Å². The number of aryl methyl sites for hydroxylation is 2. The van der Waals surface area contributed by atoms with Crippen LogP contribution in [0.15, 0.2) is 72.8 Å². The molecule has 0 bridgehead atoms. The minimum absolute atomic E-state index is 0.00498. The number of carbonyl (C=O) groups is 2. The summed E-state index contributed by atoms with van der Waals surface area (Å²) >= 11 is 0. The number of ketones is 1. The van der Waals surface area contributed by atoms with E-state index in [1.54, 1.807) is 24.3 Å². The zero-order valence-corrected chi connectivity index (χ0v) is 19.5.